The van der Waals surface area contributed by atoms with E-state index in [2.05, 4.69) is 0 Å². The van der Waals surface area contributed by atoms with Crippen LogP contribution < -0.4 is 10.5 Å². The maximum Gasteiger partial charge on any atom is 0.338 e. The van der Waals surface area contributed by atoms with Gasteiger partial charge in [-0.3, -0.25) is 0 Å². The van der Waals surface area contributed by atoms with Crippen LogP contribution in [0.15, 0.2) is 12.1 Å². The van der Waals surface area contributed by atoms with E-state index in [9.17, 15) is 9.18 Å². The highest BCUT2D eigenvalue weighted by Crippen LogP contribution is 2.25. The number of rotatable bonds is 6. The molecule has 1 rings (SSSR count). The molecule has 0 heterocycles. The molecule has 94 valence electrons. The number of carboxylic acids is 1. The number of methoxy groups -OCH3 is 1. The molecule has 0 aliphatic carbocycles. The van der Waals surface area contributed by atoms with Gasteiger partial charge in [-0.05, 0) is 6.07 Å². The molecular formula is C11H14FNO4. The Kier molecular flexibility index (Phi) is 4.71. The largest absolute Gasteiger partial charge is 0.491 e. The van der Waals surface area contributed by atoms with Crippen molar-refractivity contribution in [3.05, 3.63) is 23.5 Å². The summed E-state index contributed by atoms with van der Waals surface area (Å²) in [6, 6.07) is 2.02. The first-order chi connectivity index (χ1) is 8.06. The number of carboxylic acid groups (broad SMARTS) is 1. The van der Waals surface area contributed by atoms with Crippen LogP contribution in [0.4, 0.5) is 10.1 Å². The SMILES string of the molecule is COCCCOc1cc(F)c(C(=O)O)cc1N. The van der Waals surface area contributed by atoms with E-state index in [4.69, 9.17) is 20.3 Å². The lowest BCUT2D eigenvalue weighted by molar-refractivity contribution is 0.0692. The standard InChI is InChI=1S/C11H14FNO4/c1-16-3-2-4-17-10-6-8(12)7(11(14)15)5-9(10)13/h5-6H,2-4,13H2,1H3,(H,14,15). The van der Waals surface area contributed by atoms with Crippen LogP contribution in [0.1, 0.15) is 16.8 Å². The highest BCUT2D eigenvalue weighted by molar-refractivity contribution is 5.89. The van der Waals surface area contributed by atoms with Crippen LogP contribution in [0, 0.1) is 5.82 Å². The van der Waals surface area contributed by atoms with E-state index < -0.39 is 17.3 Å². The summed E-state index contributed by atoms with van der Waals surface area (Å²) in [4.78, 5) is 10.6. The summed E-state index contributed by atoms with van der Waals surface area (Å²) >= 11 is 0. The highest BCUT2D eigenvalue weighted by Gasteiger charge is 2.14. The van der Waals surface area contributed by atoms with E-state index in [-0.39, 0.29) is 11.4 Å². The number of aromatic carboxylic acids is 1. The topological polar surface area (TPSA) is 81.8 Å². The zero-order chi connectivity index (χ0) is 12.8. The number of halogens is 1. The molecule has 17 heavy (non-hydrogen) atoms. The van der Waals surface area contributed by atoms with Crippen LogP contribution in [0.3, 0.4) is 0 Å². The van der Waals surface area contributed by atoms with E-state index in [1.54, 1.807) is 7.11 Å². The fourth-order valence-corrected chi connectivity index (χ4v) is 1.25. The normalized spacial score (nSPS) is 10.2. The Balaban J connectivity index is 2.74. The average Bonchev–Trinajstić information content (AvgIpc) is 2.28. The Bertz CT molecular complexity index is 409. The van der Waals surface area contributed by atoms with Crippen molar-refractivity contribution in [2.75, 3.05) is 26.1 Å². The summed E-state index contributed by atoms with van der Waals surface area (Å²) in [5.74, 6) is -2.09. The molecule has 0 aliphatic rings. The first kappa shape index (κ1) is 13.2. The average molecular weight is 243 g/mol. The molecule has 0 unspecified atom stereocenters. The van der Waals surface area contributed by atoms with Gasteiger partial charge in [0.25, 0.3) is 0 Å². The van der Waals surface area contributed by atoms with Crippen molar-refractivity contribution in [3.8, 4) is 5.75 Å². The second-order valence-electron chi connectivity index (χ2n) is 3.37. The van der Waals surface area contributed by atoms with Gasteiger partial charge >= 0.3 is 5.97 Å². The Morgan fingerprint density at radius 2 is 2.18 bits per heavy atom. The molecule has 0 bridgehead atoms. The molecule has 0 spiro atoms. The third-order valence-corrected chi connectivity index (χ3v) is 2.08. The quantitative estimate of drug-likeness (QED) is 0.584. The number of nitrogens with two attached hydrogens (primary N) is 1. The second kappa shape index (κ2) is 6.05. The third-order valence-electron chi connectivity index (χ3n) is 2.08. The molecule has 1 aromatic carbocycles. The summed E-state index contributed by atoms with van der Waals surface area (Å²) in [5, 5.41) is 8.67. The van der Waals surface area contributed by atoms with Gasteiger partial charge in [0.2, 0.25) is 0 Å². The van der Waals surface area contributed by atoms with Crippen molar-refractivity contribution in [1.29, 1.82) is 0 Å². The summed E-state index contributed by atoms with van der Waals surface area (Å²) in [6.45, 7) is 0.847. The minimum atomic E-state index is -1.36. The van der Waals surface area contributed by atoms with E-state index in [1.807, 2.05) is 0 Å². The monoisotopic (exact) mass is 243 g/mol. The fourth-order valence-electron chi connectivity index (χ4n) is 1.25. The number of nitrogen functional groups attached to an aromatic ring is 1. The first-order valence-electron chi connectivity index (χ1n) is 5.00. The van der Waals surface area contributed by atoms with E-state index in [1.165, 1.54) is 0 Å². The maximum absolute atomic E-state index is 13.3. The Labute approximate surface area is 97.9 Å². The number of ether oxygens (including phenoxy) is 2. The van der Waals surface area contributed by atoms with Crippen LogP contribution in [-0.2, 0) is 4.74 Å². The third kappa shape index (κ3) is 3.60. The molecule has 1 aromatic rings. The lowest BCUT2D eigenvalue weighted by atomic mass is 10.2. The molecule has 6 heteroatoms. The molecular weight excluding hydrogens is 229 g/mol. The zero-order valence-corrected chi connectivity index (χ0v) is 9.40. The van der Waals surface area contributed by atoms with Crippen LogP contribution in [-0.4, -0.2) is 31.4 Å². The van der Waals surface area contributed by atoms with Crippen molar-refractivity contribution in [2.24, 2.45) is 0 Å². The number of anilines is 1. The van der Waals surface area contributed by atoms with Crippen LogP contribution in [0.25, 0.3) is 0 Å². The fraction of sp³-hybridized carbons (Fsp3) is 0.364. The van der Waals surface area contributed by atoms with Crippen molar-refractivity contribution in [1.82, 2.24) is 0 Å². The predicted octanol–water partition coefficient (Wildman–Crippen LogP) is 1.52. The van der Waals surface area contributed by atoms with Gasteiger partial charge in [-0.15, -0.1) is 0 Å². The second-order valence-corrected chi connectivity index (χ2v) is 3.37. The van der Waals surface area contributed by atoms with Crippen LogP contribution in [0.5, 0.6) is 5.75 Å². The molecule has 5 nitrogen and oxygen atoms in total. The van der Waals surface area contributed by atoms with E-state index in [0.29, 0.717) is 19.6 Å². The van der Waals surface area contributed by atoms with E-state index in [0.717, 1.165) is 12.1 Å². The Morgan fingerprint density at radius 3 is 2.76 bits per heavy atom. The van der Waals surface area contributed by atoms with Gasteiger partial charge in [0.1, 0.15) is 11.6 Å². The van der Waals surface area contributed by atoms with Crippen molar-refractivity contribution < 1.29 is 23.8 Å². The number of hydrogen-bond donors (Lipinski definition) is 2. The Morgan fingerprint density at radius 1 is 1.47 bits per heavy atom. The number of carbonyl (C=O) groups is 1. The van der Waals surface area contributed by atoms with Crippen LogP contribution in [0.2, 0.25) is 0 Å². The highest BCUT2D eigenvalue weighted by atomic mass is 19.1. The van der Waals surface area contributed by atoms with Crippen molar-refractivity contribution >= 4 is 11.7 Å². The molecule has 0 saturated heterocycles. The number of hydrogen-bond acceptors (Lipinski definition) is 4. The summed E-state index contributed by atoms with van der Waals surface area (Å²) in [6.07, 6.45) is 0.637. The molecule has 0 fully saturated rings. The van der Waals surface area contributed by atoms with Gasteiger partial charge in [-0.1, -0.05) is 0 Å². The van der Waals surface area contributed by atoms with Gasteiger partial charge in [0.15, 0.2) is 0 Å². The van der Waals surface area contributed by atoms with Crippen molar-refractivity contribution in [2.45, 2.75) is 6.42 Å². The summed E-state index contributed by atoms with van der Waals surface area (Å²) in [5.41, 5.74) is 5.19. The van der Waals surface area contributed by atoms with Gasteiger partial charge in [0, 0.05) is 26.2 Å². The smallest absolute Gasteiger partial charge is 0.338 e. The number of benzene rings is 1. The lowest BCUT2D eigenvalue weighted by Crippen LogP contribution is -2.07. The summed E-state index contributed by atoms with van der Waals surface area (Å²) < 4.78 is 23.4. The van der Waals surface area contributed by atoms with Gasteiger partial charge in [-0.25, -0.2) is 9.18 Å². The van der Waals surface area contributed by atoms with E-state index >= 15 is 0 Å². The minimum Gasteiger partial charge on any atom is -0.491 e. The van der Waals surface area contributed by atoms with Crippen LogP contribution >= 0.6 is 0 Å². The predicted molar refractivity (Wildman–Crippen MR) is 59.8 cm³/mol. The van der Waals surface area contributed by atoms with Gasteiger partial charge in [0.05, 0.1) is 17.9 Å². The minimum absolute atomic E-state index is 0.0983. The molecule has 0 aliphatic heterocycles. The van der Waals surface area contributed by atoms with Gasteiger partial charge < -0.3 is 20.3 Å². The molecule has 3 N–H and O–H groups in total. The lowest BCUT2D eigenvalue weighted by Gasteiger charge is -2.09. The molecule has 0 aromatic heterocycles. The summed E-state index contributed by atoms with van der Waals surface area (Å²) in [7, 11) is 1.57. The maximum atomic E-state index is 13.3. The first-order valence-corrected chi connectivity index (χ1v) is 5.00. The molecule has 0 saturated carbocycles. The molecule has 0 radical (unpaired) electrons. The van der Waals surface area contributed by atoms with Crippen molar-refractivity contribution in [3.63, 3.8) is 0 Å². The molecule has 0 atom stereocenters. The Hall–Kier alpha value is -1.82. The van der Waals surface area contributed by atoms with Gasteiger partial charge in [-0.2, -0.15) is 0 Å². The molecule has 0 amide bonds. The zero-order valence-electron chi connectivity index (χ0n) is 9.40.